The highest BCUT2D eigenvalue weighted by atomic mass is 32.1. The number of hydrogen-bond donors (Lipinski definition) is 0. The predicted molar refractivity (Wildman–Crippen MR) is 109 cm³/mol. The molecule has 0 aliphatic carbocycles. The van der Waals surface area contributed by atoms with Crippen LogP contribution in [-0.4, -0.2) is 28.5 Å². The number of carbonyl (C=O) groups excluding carboxylic acids is 2. The van der Waals surface area contributed by atoms with E-state index in [9.17, 15) is 19.7 Å². The molecule has 1 amide bonds. The van der Waals surface area contributed by atoms with Crippen LogP contribution < -0.4 is 4.80 Å². The first kappa shape index (κ1) is 20.4. The number of para-hydroxylation sites is 1. The van der Waals surface area contributed by atoms with Gasteiger partial charge in [-0.2, -0.15) is 4.99 Å². The van der Waals surface area contributed by atoms with Gasteiger partial charge in [-0.05, 0) is 30.2 Å². The van der Waals surface area contributed by atoms with Gasteiger partial charge in [-0.15, -0.1) is 0 Å². The molecule has 0 N–H and O–H groups in total. The van der Waals surface area contributed by atoms with Crippen molar-refractivity contribution in [3.63, 3.8) is 0 Å². The minimum Gasteiger partial charge on any atom is -0.469 e. The highest BCUT2D eigenvalue weighted by Gasteiger charge is 2.19. The van der Waals surface area contributed by atoms with E-state index >= 15 is 0 Å². The van der Waals surface area contributed by atoms with Gasteiger partial charge in [-0.3, -0.25) is 19.7 Å². The molecular weight excluding hydrogens is 394 g/mol. The summed E-state index contributed by atoms with van der Waals surface area (Å²) < 4.78 is 7.39. The molecule has 0 aliphatic rings. The van der Waals surface area contributed by atoms with Crippen LogP contribution in [0.15, 0.2) is 47.5 Å². The molecule has 2 aromatic carbocycles. The normalized spacial score (nSPS) is 11.6. The third-order valence-electron chi connectivity index (χ3n) is 4.45. The Bertz CT molecular complexity index is 1160. The fourth-order valence-electron chi connectivity index (χ4n) is 2.90. The number of nitro benzene ring substituents is 1. The Labute approximate surface area is 170 Å². The molecule has 1 aromatic heterocycles. The van der Waals surface area contributed by atoms with E-state index in [-0.39, 0.29) is 30.2 Å². The summed E-state index contributed by atoms with van der Waals surface area (Å²) in [5, 5.41) is 11.2. The fraction of sp³-hybridized carbons (Fsp3) is 0.250. The van der Waals surface area contributed by atoms with Crippen molar-refractivity contribution in [2.45, 2.75) is 26.3 Å². The largest absolute Gasteiger partial charge is 0.469 e. The van der Waals surface area contributed by atoms with Gasteiger partial charge in [-0.25, -0.2) is 0 Å². The van der Waals surface area contributed by atoms with E-state index in [1.165, 1.54) is 36.6 Å². The maximum Gasteiger partial charge on any atom is 0.307 e. The maximum absolute atomic E-state index is 12.7. The van der Waals surface area contributed by atoms with Gasteiger partial charge in [0.15, 0.2) is 4.80 Å². The molecule has 0 radical (unpaired) electrons. The van der Waals surface area contributed by atoms with Gasteiger partial charge in [0.25, 0.3) is 11.6 Å². The third-order valence-corrected chi connectivity index (χ3v) is 5.49. The average molecular weight is 413 g/mol. The number of aromatic nitrogens is 1. The molecule has 0 atom stereocenters. The Hall–Kier alpha value is -3.33. The van der Waals surface area contributed by atoms with Gasteiger partial charge >= 0.3 is 5.97 Å². The standard InChI is InChI=1S/C20H19N3O5S/c1-3-13-8-9-16-17(12-13)29-20(22(16)11-10-18(24)28-2)21-19(25)14-6-4-5-7-15(14)23(26)27/h4-9,12H,3,10-11H2,1-2H3. The number of esters is 1. The van der Waals surface area contributed by atoms with E-state index in [0.29, 0.717) is 4.80 Å². The minimum absolute atomic E-state index is 0.0799. The van der Waals surface area contributed by atoms with E-state index in [1.54, 1.807) is 10.6 Å². The molecule has 9 heteroatoms. The number of aryl methyl sites for hydroxylation is 2. The summed E-state index contributed by atoms with van der Waals surface area (Å²) in [7, 11) is 1.32. The first-order valence-corrected chi connectivity index (χ1v) is 9.77. The van der Waals surface area contributed by atoms with E-state index in [2.05, 4.69) is 4.99 Å². The third kappa shape index (κ3) is 4.40. The quantitative estimate of drug-likeness (QED) is 0.350. The van der Waals surface area contributed by atoms with Gasteiger partial charge in [0, 0.05) is 12.6 Å². The molecule has 8 nitrogen and oxygen atoms in total. The Morgan fingerprint density at radius 3 is 2.69 bits per heavy atom. The van der Waals surface area contributed by atoms with Gasteiger partial charge in [0.05, 0.1) is 28.7 Å². The molecule has 0 saturated heterocycles. The number of thiazole rings is 1. The molecular formula is C20H19N3O5S. The lowest BCUT2D eigenvalue weighted by atomic mass is 10.1. The van der Waals surface area contributed by atoms with Gasteiger partial charge < -0.3 is 9.30 Å². The molecule has 0 aliphatic heterocycles. The number of amides is 1. The molecule has 1 heterocycles. The summed E-state index contributed by atoms with van der Waals surface area (Å²) in [6.07, 6.45) is 0.975. The van der Waals surface area contributed by atoms with Gasteiger partial charge in [0.2, 0.25) is 0 Å². The second-order valence-electron chi connectivity index (χ2n) is 6.21. The first-order chi connectivity index (χ1) is 13.9. The first-order valence-electron chi connectivity index (χ1n) is 8.96. The van der Waals surface area contributed by atoms with Crippen molar-refractivity contribution >= 4 is 39.1 Å². The highest BCUT2D eigenvalue weighted by molar-refractivity contribution is 7.16. The zero-order valence-corrected chi connectivity index (χ0v) is 16.8. The lowest BCUT2D eigenvalue weighted by Gasteiger charge is -2.05. The number of rotatable bonds is 6. The second-order valence-corrected chi connectivity index (χ2v) is 7.22. The van der Waals surface area contributed by atoms with Crippen LogP contribution >= 0.6 is 11.3 Å². The van der Waals surface area contributed by atoms with E-state index in [4.69, 9.17) is 4.74 Å². The molecule has 0 saturated carbocycles. The number of hydrogen-bond acceptors (Lipinski definition) is 6. The number of methoxy groups -OCH3 is 1. The second kappa shape index (κ2) is 8.78. The summed E-state index contributed by atoms with van der Waals surface area (Å²) in [5.41, 5.74) is 1.60. The predicted octanol–water partition coefficient (Wildman–Crippen LogP) is 3.48. The molecule has 0 fully saturated rings. The molecule has 29 heavy (non-hydrogen) atoms. The maximum atomic E-state index is 12.7. The Morgan fingerprint density at radius 1 is 1.24 bits per heavy atom. The monoisotopic (exact) mass is 413 g/mol. The van der Waals surface area contributed by atoms with E-state index in [1.807, 2.05) is 25.1 Å². The summed E-state index contributed by atoms with van der Waals surface area (Å²) in [6, 6.07) is 11.6. The lowest BCUT2D eigenvalue weighted by Crippen LogP contribution is -2.19. The highest BCUT2D eigenvalue weighted by Crippen LogP contribution is 2.21. The van der Waals surface area contributed by atoms with Crippen LogP contribution in [0.3, 0.4) is 0 Å². The number of nitro groups is 1. The summed E-state index contributed by atoms with van der Waals surface area (Å²) in [6.45, 7) is 2.32. The van der Waals surface area contributed by atoms with Gasteiger partial charge in [0.1, 0.15) is 5.56 Å². The van der Waals surface area contributed by atoms with Crippen LogP contribution in [0.5, 0.6) is 0 Å². The summed E-state index contributed by atoms with van der Waals surface area (Å²) in [5.74, 6) is -1.08. The van der Waals surface area contributed by atoms with Crippen LogP contribution in [0.1, 0.15) is 29.3 Å². The van der Waals surface area contributed by atoms with Crippen molar-refractivity contribution in [3.05, 3.63) is 68.5 Å². The zero-order chi connectivity index (χ0) is 21.0. The zero-order valence-electron chi connectivity index (χ0n) is 16.0. The smallest absolute Gasteiger partial charge is 0.307 e. The fourth-order valence-corrected chi connectivity index (χ4v) is 4.02. The SMILES string of the molecule is CCc1ccc2c(c1)sc(=NC(=O)c1ccccc1[N+](=O)[O-])n2CCC(=O)OC. The van der Waals surface area contributed by atoms with Crippen molar-refractivity contribution in [3.8, 4) is 0 Å². The van der Waals surface area contributed by atoms with Crippen LogP contribution in [0, 0.1) is 10.1 Å². The number of carbonyl (C=O) groups is 2. The van der Waals surface area contributed by atoms with Crippen LogP contribution in [0.25, 0.3) is 10.2 Å². The molecule has 3 rings (SSSR count). The molecule has 3 aromatic rings. The number of benzene rings is 2. The summed E-state index contributed by atoms with van der Waals surface area (Å²) in [4.78, 5) is 39.5. The van der Waals surface area contributed by atoms with Crippen molar-refractivity contribution < 1.29 is 19.2 Å². The van der Waals surface area contributed by atoms with E-state index < -0.39 is 10.8 Å². The number of fused-ring (bicyclic) bond motifs is 1. The molecule has 0 bridgehead atoms. The topological polar surface area (TPSA) is 104 Å². The van der Waals surface area contributed by atoms with Gasteiger partial charge in [-0.1, -0.05) is 36.5 Å². The Balaban J connectivity index is 2.12. The minimum atomic E-state index is -0.702. The van der Waals surface area contributed by atoms with Crippen LogP contribution in [-0.2, 0) is 22.5 Å². The summed E-state index contributed by atoms with van der Waals surface area (Å²) >= 11 is 1.30. The average Bonchev–Trinajstić information content (AvgIpc) is 3.07. The Morgan fingerprint density at radius 2 is 2.00 bits per heavy atom. The van der Waals surface area contributed by atoms with Crippen LogP contribution in [0.2, 0.25) is 0 Å². The van der Waals surface area contributed by atoms with E-state index in [0.717, 1.165) is 22.2 Å². The molecule has 0 unspecified atom stereocenters. The number of nitrogens with zero attached hydrogens (tertiary/aromatic N) is 3. The molecule has 150 valence electrons. The van der Waals surface area contributed by atoms with Crippen LogP contribution in [0.4, 0.5) is 5.69 Å². The lowest BCUT2D eigenvalue weighted by molar-refractivity contribution is -0.385. The number of ether oxygens (including phenoxy) is 1. The van der Waals surface area contributed by atoms with Crippen molar-refractivity contribution in [1.82, 2.24) is 4.57 Å². The molecule has 0 spiro atoms. The Kier molecular flexibility index (Phi) is 6.18. The van der Waals surface area contributed by atoms with Crippen molar-refractivity contribution in [2.24, 2.45) is 4.99 Å². The van der Waals surface area contributed by atoms with Crippen molar-refractivity contribution in [1.29, 1.82) is 0 Å². The van der Waals surface area contributed by atoms with Crippen molar-refractivity contribution in [2.75, 3.05) is 7.11 Å².